The van der Waals surface area contributed by atoms with Gasteiger partial charge in [0, 0.05) is 0 Å². The van der Waals surface area contributed by atoms with Crippen molar-refractivity contribution in [2.75, 3.05) is 7.11 Å². The highest BCUT2D eigenvalue weighted by Crippen LogP contribution is 2.35. The van der Waals surface area contributed by atoms with Gasteiger partial charge in [-0.25, -0.2) is 8.78 Å². The van der Waals surface area contributed by atoms with E-state index in [4.69, 9.17) is 5.11 Å². The van der Waals surface area contributed by atoms with Crippen LogP contribution in [0.5, 0.6) is 5.75 Å². The lowest BCUT2D eigenvalue weighted by Gasteiger charge is -2.08. The Labute approximate surface area is 88.6 Å². The quantitative estimate of drug-likeness (QED) is 0.629. The average molecular weight is 234 g/mol. The average Bonchev–Trinajstić information content (AvgIpc) is 2.26. The van der Waals surface area contributed by atoms with E-state index < -0.39 is 34.9 Å². The summed E-state index contributed by atoms with van der Waals surface area (Å²) in [5.74, 6) is -0.265. The molecular weight excluding hydrogens is 226 g/mol. The van der Waals surface area contributed by atoms with Gasteiger partial charge in [0.15, 0.2) is 0 Å². The lowest BCUT2D eigenvalue weighted by atomic mass is 10.1. The number of ether oxygens (including phenoxy) is 1. The molecule has 0 saturated carbocycles. The third-order valence-corrected chi connectivity index (χ3v) is 1.92. The van der Waals surface area contributed by atoms with Crippen LogP contribution in [-0.4, -0.2) is 22.1 Å². The molecule has 1 rings (SSSR count). The van der Waals surface area contributed by atoms with Crippen molar-refractivity contribution in [2.24, 2.45) is 0 Å². The van der Waals surface area contributed by atoms with Crippen LogP contribution in [0.3, 0.4) is 0 Å². The standard InChI is InChI=1S/C8H8F2N2O4/c1-16-5-2-11-6(8(9)10)4(3-13)7(5)12(14)15/h2,8,13H,3H2,1H3. The molecule has 1 N–H and O–H groups in total. The first-order valence-corrected chi connectivity index (χ1v) is 4.12. The lowest BCUT2D eigenvalue weighted by molar-refractivity contribution is -0.387. The molecule has 1 aromatic rings. The summed E-state index contributed by atoms with van der Waals surface area (Å²) in [6, 6.07) is 0. The van der Waals surface area contributed by atoms with Crippen molar-refractivity contribution >= 4 is 5.69 Å². The van der Waals surface area contributed by atoms with Crippen molar-refractivity contribution in [2.45, 2.75) is 13.0 Å². The van der Waals surface area contributed by atoms with Gasteiger partial charge >= 0.3 is 5.69 Å². The minimum atomic E-state index is -2.99. The summed E-state index contributed by atoms with van der Waals surface area (Å²) in [4.78, 5) is 13.1. The second-order valence-corrected chi connectivity index (χ2v) is 2.75. The molecule has 0 atom stereocenters. The van der Waals surface area contributed by atoms with Crippen molar-refractivity contribution in [1.29, 1.82) is 0 Å². The Balaban J connectivity index is 3.49. The number of pyridine rings is 1. The fraction of sp³-hybridized carbons (Fsp3) is 0.375. The Morgan fingerprint density at radius 3 is 2.69 bits per heavy atom. The zero-order valence-corrected chi connectivity index (χ0v) is 8.18. The van der Waals surface area contributed by atoms with Gasteiger partial charge in [-0.2, -0.15) is 0 Å². The maximum Gasteiger partial charge on any atom is 0.320 e. The summed E-state index contributed by atoms with van der Waals surface area (Å²) in [7, 11) is 1.15. The maximum atomic E-state index is 12.5. The highest BCUT2D eigenvalue weighted by atomic mass is 19.3. The molecule has 0 fully saturated rings. The van der Waals surface area contributed by atoms with Crippen molar-refractivity contribution < 1.29 is 23.5 Å². The van der Waals surface area contributed by atoms with Crippen LogP contribution in [0.15, 0.2) is 6.20 Å². The van der Waals surface area contributed by atoms with E-state index in [1.807, 2.05) is 0 Å². The Hall–Kier alpha value is -1.83. The van der Waals surface area contributed by atoms with E-state index in [0.717, 1.165) is 13.3 Å². The first-order chi connectivity index (χ1) is 7.52. The minimum absolute atomic E-state index is 0.265. The number of aliphatic hydroxyl groups excluding tert-OH is 1. The Kier molecular flexibility index (Phi) is 3.67. The molecule has 0 bridgehead atoms. The minimum Gasteiger partial charge on any atom is -0.489 e. The third kappa shape index (κ3) is 2.06. The molecule has 0 saturated heterocycles. The van der Waals surface area contributed by atoms with Crippen LogP contribution in [-0.2, 0) is 6.61 Å². The van der Waals surface area contributed by atoms with Gasteiger partial charge in [-0.15, -0.1) is 0 Å². The molecule has 8 heteroatoms. The summed E-state index contributed by atoms with van der Waals surface area (Å²) in [5.41, 5.74) is -2.02. The second kappa shape index (κ2) is 4.79. The van der Waals surface area contributed by atoms with Crippen LogP contribution in [0.25, 0.3) is 0 Å². The SMILES string of the molecule is COc1cnc(C(F)F)c(CO)c1[N+](=O)[O-]. The van der Waals surface area contributed by atoms with E-state index in [-0.39, 0.29) is 5.75 Å². The molecule has 0 radical (unpaired) electrons. The van der Waals surface area contributed by atoms with Gasteiger partial charge in [-0.05, 0) is 0 Å². The van der Waals surface area contributed by atoms with Gasteiger partial charge in [-0.3, -0.25) is 15.1 Å². The number of aliphatic hydroxyl groups is 1. The summed E-state index contributed by atoms with van der Waals surface area (Å²) < 4.78 is 29.5. The predicted molar refractivity (Wildman–Crippen MR) is 48.3 cm³/mol. The molecule has 0 aliphatic heterocycles. The van der Waals surface area contributed by atoms with Gasteiger partial charge in [0.1, 0.15) is 5.69 Å². The Bertz CT molecular complexity index is 411. The fourth-order valence-corrected chi connectivity index (χ4v) is 1.23. The number of aromatic nitrogens is 1. The van der Waals surface area contributed by atoms with E-state index in [1.165, 1.54) is 0 Å². The highest BCUT2D eigenvalue weighted by Gasteiger charge is 2.28. The summed E-state index contributed by atoms with van der Waals surface area (Å²) in [6.07, 6.45) is -2.16. The van der Waals surface area contributed by atoms with Gasteiger partial charge in [0.25, 0.3) is 6.43 Å². The largest absolute Gasteiger partial charge is 0.489 e. The number of nitro groups is 1. The van der Waals surface area contributed by atoms with Crippen molar-refractivity contribution in [3.05, 3.63) is 27.6 Å². The van der Waals surface area contributed by atoms with Gasteiger partial charge in [-0.1, -0.05) is 0 Å². The number of nitrogens with zero attached hydrogens (tertiary/aromatic N) is 2. The molecule has 88 valence electrons. The van der Waals surface area contributed by atoms with Crippen LogP contribution in [0.2, 0.25) is 0 Å². The third-order valence-electron chi connectivity index (χ3n) is 1.92. The first kappa shape index (κ1) is 12.2. The molecule has 16 heavy (non-hydrogen) atoms. The molecule has 0 aromatic carbocycles. The number of hydrogen-bond donors (Lipinski definition) is 1. The van der Waals surface area contributed by atoms with Crippen LogP contribution in [0, 0.1) is 10.1 Å². The van der Waals surface area contributed by atoms with E-state index in [2.05, 4.69) is 9.72 Å². The molecule has 0 aliphatic carbocycles. The molecule has 0 amide bonds. The molecule has 6 nitrogen and oxygen atoms in total. The monoisotopic (exact) mass is 234 g/mol. The number of alkyl halides is 2. The number of hydrogen-bond acceptors (Lipinski definition) is 5. The van der Waals surface area contributed by atoms with Gasteiger partial charge in [0.2, 0.25) is 5.75 Å². The molecule has 1 aromatic heterocycles. The van der Waals surface area contributed by atoms with Gasteiger partial charge < -0.3 is 9.84 Å². The van der Waals surface area contributed by atoms with E-state index in [0.29, 0.717) is 0 Å². The summed E-state index contributed by atoms with van der Waals surface area (Å²) >= 11 is 0. The Morgan fingerprint density at radius 1 is 1.69 bits per heavy atom. The molecule has 0 aliphatic rings. The van der Waals surface area contributed by atoms with E-state index in [1.54, 1.807) is 0 Å². The van der Waals surface area contributed by atoms with Gasteiger partial charge in [0.05, 0.1) is 30.4 Å². The zero-order chi connectivity index (χ0) is 12.3. The van der Waals surface area contributed by atoms with E-state index >= 15 is 0 Å². The normalized spacial score (nSPS) is 10.6. The number of halogens is 2. The van der Waals surface area contributed by atoms with Crippen molar-refractivity contribution in [3.8, 4) is 5.75 Å². The van der Waals surface area contributed by atoms with E-state index in [9.17, 15) is 18.9 Å². The Morgan fingerprint density at radius 2 is 2.31 bits per heavy atom. The number of methoxy groups -OCH3 is 1. The molecule has 0 spiro atoms. The fourth-order valence-electron chi connectivity index (χ4n) is 1.23. The number of rotatable bonds is 4. The molecule has 0 unspecified atom stereocenters. The van der Waals surface area contributed by atoms with Crippen LogP contribution < -0.4 is 4.74 Å². The lowest BCUT2D eigenvalue weighted by Crippen LogP contribution is -2.06. The van der Waals surface area contributed by atoms with Crippen LogP contribution in [0.4, 0.5) is 14.5 Å². The topological polar surface area (TPSA) is 85.5 Å². The van der Waals surface area contributed by atoms with Crippen molar-refractivity contribution in [3.63, 3.8) is 0 Å². The highest BCUT2D eigenvalue weighted by molar-refractivity contribution is 5.53. The summed E-state index contributed by atoms with van der Waals surface area (Å²) in [6.45, 7) is -0.903. The van der Waals surface area contributed by atoms with Crippen LogP contribution in [0.1, 0.15) is 17.7 Å². The second-order valence-electron chi connectivity index (χ2n) is 2.75. The van der Waals surface area contributed by atoms with Crippen LogP contribution >= 0.6 is 0 Å². The molecule has 1 heterocycles. The first-order valence-electron chi connectivity index (χ1n) is 4.12. The van der Waals surface area contributed by atoms with Crippen molar-refractivity contribution in [1.82, 2.24) is 4.98 Å². The smallest absolute Gasteiger partial charge is 0.320 e. The predicted octanol–water partition coefficient (Wildman–Crippen LogP) is 1.43. The molecular formula is C8H8F2N2O4. The maximum absolute atomic E-state index is 12.5. The summed E-state index contributed by atoms with van der Waals surface area (Å²) in [5, 5.41) is 19.6. The zero-order valence-electron chi connectivity index (χ0n) is 8.18.